The zero-order valence-corrected chi connectivity index (χ0v) is 10.3. The summed E-state index contributed by atoms with van der Waals surface area (Å²) in [6.45, 7) is 1.44. The molecule has 2 fully saturated rings. The molecule has 3 nitrogen and oxygen atoms in total. The van der Waals surface area contributed by atoms with Gasteiger partial charge in [0.2, 0.25) is 5.91 Å². The predicted octanol–water partition coefficient (Wildman–Crippen LogP) is 2.08. The van der Waals surface area contributed by atoms with E-state index >= 15 is 0 Å². The molecule has 2 aliphatic rings. The molecule has 1 saturated carbocycles. The number of amides is 1. The van der Waals surface area contributed by atoms with Crippen LogP contribution in [0.15, 0.2) is 0 Å². The standard InChI is InChI=1S/C12H20ClNO2/c13-10-5-3-4-9(10)8-14-12(15)11-6-1-2-7-16-11/h9-11H,1-8H2,(H,14,15). The van der Waals surface area contributed by atoms with Gasteiger partial charge in [0.15, 0.2) is 0 Å². The molecule has 0 aromatic carbocycles. The molecule has 1 heterocycles. The van der Waals surface area contributed by atoms with Crippen LogP contribution in [0.2, 0.25) is 0 Å². The molecule has 1 amide bonds. The monoisotopic (exact) mass is 245 g/mol. The lowest BCUT2D eigenvalue weighted by Gasteiger charge is -2.23. The number of hydrogen-bond acceptors (Lipinski definition) is 2. The number of carbonyl (C=O) groups excluding carboxylic acids is 1. The second kappa shape index (κ2) is 5.87. The van der Waals surface area contributed by atoms with Gasteiger partial charge in [0, 0.05) is 18.5 Å². The smallest absolute Gasteiger partial charge is 0.249 e. The van der Waals surface area contributed by atoms with E-state index < -0.39 is 0 Å². The summed E-state index contributed by atoms with van der Waals surface area (Å²) < 4.78 is 5.44. The average Bonchev–Trinajstić information content (AvgIpc) is 2.73. The minimum atomic E-state index is -0.219. The minimum Gasteiger partial charge on any atom is -0.368 e. The number of hydrogen-bond donors (Lipinski definition) is 1. The molecule has 1 saturated heterocycles. The Morgan fingerprint density at radius 3 is 2.75 bits per heavy atom. The zero-order valence-electron chi connectivity index (χ0n) is 9.58. The maximum Gasteiger partial charge on any atom is 0.249 e. The molecule has 1 aliphatic heterocycles. The first-order valence-corrected chi connectivity index (χ1v) is 6.74. The number of alkyl halides is 1. The van der Waals surface area contributed by atoms with Gasteiger partial charge in [-0.25, -0.2) is 0 Å². The summed E-state index contributed by atoms with van der Waals surface area (Å²) in [4.78, 5) is 11.8. The van der Waals surface area contributed by atoms with E-state index in [0.717, 1.165) is 38.7 Å². The van der Waals surface area contributed by atoms with E-state index in [1.165, 1.54) is 6.42 Å². The molecule has 3 unspecified atom stereocenters. The lowest BCUT2D eigenvalue weighted by Crippen LogP contribution is -2.41. The van der Waals surface area contributed by atoms with Gasteiger partial charge in [-0.05, 0) is 38.0 Å². The molecule has 3 atom stereocenters. The largest absolute Gasteiger partial charge is 0.368 e. The van der Waals surface area contributed by atoms with Crippen molar-refractivity contribution in [2.45, 2.75) is 50.0 Å². The molecule has 0 aromatic heterocycles. The lowest BCUT2D eigenvalue weighted by atomic mass is 10.1. The maximum absolute atomic E-state index is 11.8. The van der Waals surface area contributed by atoms with E-state index in [4.69, 9.17) is 16.3 Å². The lowest BCUT2D eigenvalue weighted by molar-refractivity contribution is -0.135. The van der Waals surface area contributed by atoms with E-state index in [0.29, 0.717) is 12.5 Å². The summed E-state index contributed by atoms with van der Waals surface area (Å²) >= 11 is 6.16. The van der Waals surface area contributed by atoms with E-state index in [1.54, 1.807) is 0 Å². The molecule has 1 N–H and O–H groups in total. The first-order chi connectivity index (χ1) is 7.77. The van der Waals surface area contributed by atoms with Crippen molar-refractivity contribution in [3.63, 3.8) is 0 Å². The Bertz CT molecular complexity index is 241. The predicted molar refractivity (Wildman–Crippen MR) is 63.6 cm³/mol. The molecule has 92 valence electrons. The fraction of sp³-hybridized carbons (Fsp3) is 0.917. The van der Waals surface area contributed by atoms with Crippen LogP contribution in [-0.4, -0.2) is 30.5 Å². The SMILES string of the molecule is O=C(NCC1CCCC1Cl)C1CCCCO1. The fourth-order valence-electron chi connectivity index (χ4n) is 2.51. The van der Waals surface area contributed by atoms with E-state index in [1.807, 2.05) is 0 Å². The number of rotatable bonds is 3. The normalized spacial score (nSPS) is 34.9. The second-order valence-corrected chi connectivity index (χ2v) is 5.37. The molecule has 0 radical (unpaired) electrons. The van der Waals surface area contributed by atoms with E-state index in [2.05, 4.69) is 5.32 Å². The summed E-state index contributed by atoms with van der Waals surface area (Å²) in [5.41, 5.74) is 0. The molecule has 0 aromatic rings. The third kappa shape index (κ3) is 3.11. The Balaban J connectivity index is 1.70. The second-order valence-electron chi connectivity index (χ2n) is 4.81. The first kappa shape index (κ1) is 12.2. The highest BCUT2D eigenvalue weighted by Crippen LogP contribution is 2.29. The van der Waals surface area contributed by atoms with Gasteiger partial charge in [-0.3, -0.25) is 4.79 Å². The van der Waals surface area contributed by atoms with E-state index in [-0.39, 0.29) is 17.4 Å². The zero-order chi connectivity index (χ0) is 11.4. The van der Waals surface area contributed by atoms with Crippen molar-refractivity contribution in [3.05, 3.63) is 0 Å². The third-order valence-electron chi connectivity index (χ3n) is 3.58. The van der Waals surface area contributed by atoms with E-state index in [9.17, 15) is 4.79 Å². The van der Waals surface area contributed by atoms with Crippen molar-refractivity contribution in [1.29, 1.82) is 0 Å². The van der Waals surface area contributed by atoms with Crippen LogP contribution in [0.5, 0.6) is 0 Å². The molecule has 16 heavy (non-hydrogen) atoms. The van der Waals surface area contributed by atoms with Crippen LogP contribution in [0.25, 0.3) is 0 Å². The molecule has 0 spiro atoms. The number of ether oxygens (including phenoxy) is 1. The Morgan fingerprint density at radius 2 is 2.12 bits per heavy atom. The highest BCUT2D eigenvalue weighted by atomic mass is 35.5. The van der Waals surface area contributed by atoms with Crippen LogP contribution in [0, 0.1) is 5.92 Å². The van der Waals surface area contributed by atoms with Crippen LogP contribution in [0.3, 0.4) is 0 Å². The third-order valence-corrected chi connectivity index (χ3v) is 4.15. The van der Waals surface area contributed by atoms with Gasteiger partial charge >= 0.3 is 0 Å². The summed E-state index contributed by atoms with van der Waals surface area (Å²) in [6, 6.07) is 0. The van der Waals surface area contributed by atoms with Crippen LogP contribution >= 0.6 is 11.6 Å². The van der Waals surface area contributed by atoms with Crippen LogP contribution in [0.1, 0.15) is 38.5 Å². The summed E-state index contributed by atoms with van der Waals surface area (Å²) in [7, 11) is 0. The van der Waals surface area contributed by atoms with Gasteiger partial charge in [0.1, 0.15) is 6.10 Å². The van der Waals surface area contributed by atoms with Crippen molar-refractivity contribution in [1.82, 2.24) is 5.32 Å². The summed E-state index contributed by atoms with van der Waals surface area (Å²) in [5, 5.41) is 3.22. The molecular formula is C12H20ClNO2. The van der Waals surface area contributed by atoms with Crippen molar-refractivity contribution >= 4 is 17.5 Å². The topological polar surface area (TPSA) is 38.3 Å². The average molecular weight is 246 g/mol. The number of carbonyl (C=O) groups is 1. The summed E-state index contributed by atoms with van der Waals surface area (Å²) in [6.07, 6.45) is 6.23. The maximum atomic E-state index is 11.8. The highest BCUT2D eigenvalue weighted by Gasteiger charge is 2.27. The van der Waals surface area contributed by atoms with Gasteiger partial charge in [-0.1, -0.05) is 6.42 Å². The van der Waals surface area contributed by atoms with Crippen molar-refractivity contribution in [2.75, 3.05) is 13.2 Å². The molecule has 2 rings (SSSR count). The van der Waals surface area contributed by atoms with Crippen LogP contribution < -0.4 is 5.32 Å². The Hall–Kier alpha value is -0.280. The Labute approximate surface area is 102 Å². The highest BCUT2D eigenvalue weighted by molar-refractivity contribution is 6.20. The van der Waals surface area contributed by atoms with Gasteiger partial charge in [-0.2, -0.15) is 0 Å². The molecule has 1 aliphatic carbocycles. The molecule has 0 bridgehead atoms. The van der Waals surface area contributed by atoms with Crippen molar-refractivity contribution in [3.8, 4) is 0 Å². The minimum absolute atomic E-state index is 0.0514. The Kier molecular flexibility index (Phi) is 4.47. The fourth-order valence-corrected chi connectivity index (χ4v) is 2.88. The number of nitrogens with one attached hydrogen (secondary N) is 1. The van der Waals surface area contributed by atoms with Gasteiger partial charge in [0.05, 0.1) is 0 Å². The quantitative estimate of drug-likeness (QED) is 0.774. The Morgan fingerprint density at radius 1 is 1.25 bits per heavy atom. The van der Waals surface area contributed by atoms with Gasteiger partial charge in [0.25, 0.3) is 0 Å². The summed E-state index contributed by atoms with van der Waals surface area (Å²) in [5.74, 6) is 0.504. The molecular weight excluding hydrogens is 226 g/mol. The molecule has 4 heteroatoms. The first-order valence-electron chi connectivity index (χ1n) is 6.31. The van der Waals surface area contributed by atoms with Gasteiger partial charge < -0.3 is 10.1 Å². The van der Waals surface area contributed by atoms with Crippen LogP contribution in [0.4, 0.5) is 0 Å². The van der Waals surface area contributed by atoms with Crippen LogP contribution in [-0.2, 0) is 9.53 Å². The van der Waals surface area contributed by atoms with Crippen molar-refractivity contribution < 1.29 is 9.53 Å². The number of halogens is 1. The van der Waals surface area contributed by atoms with Gasteiger partial charge in [-0.15, -0.1) is 11.6 Å². The van der Waals surface area contributed by atoms with Crippen molar-refractivity contribution in [2.24, 2.45) is 5.92 Å².